The third kappa shape index (κ3) is 6.20. The molecule has 0 bridgehead atoms. The van der Waals surface area contributed by atoms with Gasteiger partial charge < -0.3 is 19.9 Å². The van der Waals surface area contributed by atoms with E-state index in [9.17, 15) is 0 Å². The van der Waals surface area contributed by atoms with Gasteiger partial charge in [0.1, 0.15) is 17.6 Å². The molecule has 0 saturated carbocycles. The Morgan fingerprint density at radius 2 is 2.00 bits per heavy atom. The van der Waals surface area contributed by atoms with Crippen LogP contribution in [-0.2, 0) is 12.8 Å². The van der Waals surface area contributed by atoms with Crippen molar-refractivity contribution in [3.8, 4) is 11.5 Å². The number of hydrogen-bond acceptors (Lipinski definition) is 4. The van der Waals surface area contributed by atoms with Gasteiger partial charge in [-0.3, -0.25) is 0 Å². The minimum atomic E-state index is 0. The molecule has 0 spiro atoms. The maximum absolute atomic E-state index is 8.82. The Morgan fingerprint density at radius 1 is 1.15 bits per heavy atom. The van der Waals surface area contributed by atoms with Gasteiger partial charge in [0.15, 0.2) is 0 Å². The quantitative estimate of drug-likeness (QED) is 0.658. The molecule has 4 nitrogen and oxygen atoms in total. The van der Waals surface area contributed by atoms with E-state index >= 15 is 0 Å². The maximum atomic E-state index is 8.82. The van der Waals surface area contributed by atoms with Crippen molar-refractivity contribution < 1.29 is 14.6 Å². The van der Waals surface area contributed by atoms with E-state index in [2.05, 4.69) is 35.6 Å². The second-order valence-electron chi connectivity index (χ2n) is 6.41. The number of halogens is 1. The lowest BCUT2D eigenvalue weighted by molar-refractivity contribution is 0.168. The van der Waals surface area contributed by atoms with Crippen molar-refractivity contribution >= 4 is 12.4 Å². The minimum absolute atomic E-state index is 0. The predicted octanol–water partition coefficient (Wildman–Crippen LogP) is 3.40. The molecule has 1 unspecified atom stereocenters. The molecule has 3 rings (SSSR count). The maximum Gasteiger partial charge on any atom is 0.126 e. The van der Waals surface area contributed by atoms with Crippen molar-refractivity contribution in [1.82, 2.24) is 5.32 Å². The molecule has 2 aromatic rings. The number of ether oxygens (including phenoxy) is 2. The van der Waals surface area contributed by atoms with Crippen LogP contribution in [0, 0.1) is 0 Å². The molecule has 0 amide bonds. The third-order valence-corrected chi connectivity index (χ3v) is 4.45. The Labute approximate surface area is 161 Å². The van der Waals surface area contributed by atoms with Gasteiger partial charge in [0.25, 0.3) is 0 Å². The smallest absolute Gasteiger partial charge is 0.126 e. The summed E-state index contributed by atoms with van der Waals surface area (Å²) in [6, 6.07) is 16.5. The zero-order valence-corrected chi connectivity index (χ0v) is 15.8. The van der Waals surface area contributed by atoms with E-state index < -0.39 is 0 Å². The number of benzene rings is 2. The van der Waals surface area contributed by atoms with Gasteiger partial charge in [-0.15, -0.1) is 12.4 Å². The number of aliphatic hydroxyl groups excluding tert-OH is 1. The summed E-state index contributed by atoms with van der Waals surface area (Å²) in [6.07, 6.45) is 3.92. The summed E-state index contributed by atoms with van der Waals surface area (Å²) < 4.78 is 12.0. The Kier molecular flexibility index (Phi) is 8.75. The molecular weight excluding hydrogens is 350 g/mol. The zero-order chi connectivity index (χ0) is 17.3. The van der Waals surface area contributed by atoms with Gasteiger partial charge in [0.2, 0.25) is 0 Å². The van der Waals surface area contributed by atoms with Crippen molar-refractivity contribution in [2.75, 3.05) is 26.3 Å². The standard InChI is InChI=1S/C21H27NO3.ClH/c23-13-4-12-22-16-20-10-8-18-7-9-19(15-21(18)25-20)24-14-11-17-5-2-1-3-6-17;/h1-3,5-7,9,15,20,22-23H,4,8,10-14,16H2;1H. The summed E-state index contributed by atoms with van der Waals surface area (Å²) >= 11 is 0. The van der Waals surface area contributed by atoms with Crippen LogP contribution in [0.15, 0.2) is 48.5 Å². The lowest BCUT2D eigenvalue weighted by Gasteiger charge is -2.26. The highest BCUT2D eigenvalue weighted by Crippen LogP contribution is 2.31. The van der Waals surface area contributed by atoms with Crippen molar-refractivity contribution in [3.05, 3.63) is 59.7 Å². The van der Waals surface area contributed by atoms with Crippen LogP contribution < -0.4 is 14.8 Å². The molecular formula is C21H28ClNO3. The summed E-state index contributed by atoms with van der Waals surface area (Å²) in [4.78, 5) is 0. The largest absolute Gasteiger partial charge is 0.493 e. The van der Waals surface area contributed by atoms with E-state index in [0.717, 1.165) is 50.3 Å². The van der Waals surface area contributed by atoms with Crippen LogP contribution in [0.3, 0.4) is 0 Å². The van der Waals surface area contributed by atoms with E-state index in [1.165, 1.54) is 11.1 Å². The molecule has 1 heterocycles. The fourth-order valence-electron chi connectivity index (χ4n) is 3.04. The first kappa shape index (κ1) is 20.6. The molecule has 26 heavy (non-hydrogen) atoms. The van der Waals surface area contributed by atoms with Gasteiger partial charge in [-0.25, -0.2) is 0 Å². The predicted molar refractivity (Wildman–Crippen MR) is 107 cm³/mol. The zero-order valence-electron chi connectivity index (χ0n) is 15.0. The minimum Gasteiger partial charge on any atom is -0.493 e. The summed E-state index contributed by atoms with van der Waals surface area (Å²) in [5.74, 6) is 1.81. The molecule has 2 aromatic carbocycles. The van der Waals surface area contributed by atoms with E-state index in [0.29, 0.717) is 6.61 Å². The second-order valence-corrected chi connectivity index (χ2v) is 6.41. The van der Waals surface area contributed by atoms with Crippen LogP contribution in [0.4, 0.5) is 0 Å². The monoisotopic (exact) mass is 377 g/mol. The van der Waals surface area contributed by atoms with Crippen LogP contribution in [0.5, 0.6) is 11.5 Å². The Hall–Kier alpha value is -1.75. The van der Waals surface area contributed by atoms with Gasteiger partial charge in [0.05, 0.1) is 6.61 Å². The molecule has 0 aromatic heterocycles. The van der Waals surface area contributed by atoms with Gasteiger partial charge in [-0.2, -0.15) is 0 Å². The highest BCUT2D eigenvalue weighted by atomic mass is 35.5. The Morgan fingerprint density at radius 3 is 2.81 bits per heavy atom. The Bertz CT molecular complexity index is 651. The number of aliphatic hydroxyl groups is 1. The molecule has 142 valence electrons. The summed E-state index contributed by atoms with van der Waals surface area (Å²) in [6.45, 7) is 2.53. The van der Waals surface area contributed by atoms with Gasteiger partial charge in [0, 0.05) is 25.6 Å². The van der Waals surface area contributed by atoms with Crippen LogP contribution >= 0.6 is 12.4 Å². The third-order valence-electron chi connectivity index (χ3n) is 4.45. The second kappa shape index (κ2) is 11.1. The van der Waals surface area contributed by atoms with Crippen LogP contribution in [0.1, 0.15) is 24.0 Å². The van der Waals surface area contributed by atoms with E-state index in [-0.39, 0.29) is 25.1 Å². The first-order chi connectivity index (χ1) is 12.3. The normalized spacial score (nSPS) is 15.5. The lowest BCUT2D eigenvalue weighted by Crippen LogP contribution is -2.34. The molecule has 0 aliphatic carbocycles. The van der Waals surface area contributed by atoms with Crippen LogP contribution in [0.25, 0.3) is 0 Å². The van der Waals surface area contributed by atoms with Crippen molar-refractivity contribution in [2.24, 2.45) is 0 Å². The van der Waals surface area contributed by atoms with Crippen molar-refractivity contribution in [3.63, 3.8) is 0 Å². The highest BCUT2D eigenvalue weighted by molar-refractivity contribution is 5.85. The van der Waals surface area contributed by atoms with E-state index in [1.54, 1.807) is 0 Å². The molecule has 1 aliphatic heterocycles. The molecule has 2 N–H and O–H groups in total. The fraction of sp³-hybridized carbons (Fsp3) is 0.429. The van der Waals surface area contributed by atoms with E-state index in [4.69, 9.17) is 14.6 Å². The van der Waals surface area contributed by atoms with E-state index in [1.807, 2.05) is 18.2 Å². The molecule has 0 radical (unpaired) electrons. The molecule has 1 aliphatic rings. The number of hydrogen-bond donors (Lipinski definition) is 2. The first-order valence-electron chi connectivity index (χ1n) is 9.13. The Balaban J connectivity index is 0.00000243. The molecule has 0 fully saturated rings. The lowest BCUT2D eigenvalue weighted by atomic mass is 10.0. The number of aryl methyl sites for hydroxylation is 1. The van der Waals surface area contributed by atoms with Crippen LogP contribution in [-0.4, -0.2) is 37.5 Å². The molecule has 5 heteroatoms. The van der Waals surface area contributed by atoms with Gasteiger partial charge in [-0.1, -0.05) is 36.4 Å². The highest BCUT2D eigenvalue weighted by Gasteiger charge is 2.19. The molecule has 0 saturated heterocycles. The fourth-order valence-corrected chi connectivity index (χ4v) is 3.04. The number of nitrogens with one attached hydrogen (secondary N) is 1. The van der Waals surface area contributed by atoms with Crippen LogP contribution in [0.2, 0.25) is 0 Å². The summed E-state index contributed by atoms with van der Waals surface area (Å²) in [7, 11) is 0. The van der Waals surface area contributed by atoms with Crippen molar-refractivity contribution in [2.45, 2.75) is 31.8 Å². The average Bonchev–Trinajstić information content (AvgIpc) is 2.66. The van der Waals surface area contributed by atoms with Gasteiger partial charge >= 0.3 is 0 Å². The van der Waals surface area contributed by atoms with Gasteiger partial charge in [-0.05, 0) is 43.0 Å². The first-order valence-corrected chi connectivity index (χ1v) is 9.13. The van der Waals surface area contributed by atoms with Crippen molar-refractivity contribution in [1.29, 1.82) is 0 Å². The summed E-state index contributed by atoms with van der Waals surface area (Å²) in [5, 5.41) is 12.2. The molecule has 1 atom stereocenters. The number of fused-ring (bicyclic) bond motifs is 1. The SMILES string of the molecule is Cl.OCCCNCC1CCc2ccc(OCCc3ccccc3)cc2O1. The summed E-state index contributed by atoms with van der Waals surface area (Å²) in [5.41, 5.74) is 2.53. The topological polar surface area (TPSA) is 50.7 Å². The number of rotatable bonds is 9. The average molecular weight is 378 g/mol.